The number of hydrogen-bond acceptors (Lipinski definition) is 4. The number of unbranched alkanes of at least 4 members (excludes halogenated alkanes) is 1. The topological polar surface area (TPSA) is 68.5 Å². The van der Waals surface area contributed by atoms with Crippen molar-refractivity contribution in [1.29, 1.82) is 0 Å². The van der Waals surface area contributed by atoms with Gasteiger partial charge in [0.05, 0.1) is 5.39 Å². The minimum absolute atomic E-state index is 0.0302. The quantitative estimate of drug-likeness (QED) is 0.357. The van der Waals surface area contributed by atoms with E-state index in [9.17, 15) is 9.59 Å². The fraction of sp³-hybridized carbons (Fsp3) is 0.214. The number of nitrogens with one attached hydrogen (secondary N) is 1. The van der Waals surface area contributed by atoms with E-state index < -0.39 is 0 Å². The third kappa shape index (κ3) is 5.32. The third-order valence-corrected chi connectivity index (χ3v) is 5.45. The zero-order valence-electron chi connectivity index (χ0n) is 18.9. The molecule has 33 heavy (non-hydrogen) atoms. The molecule has 0 aliphatic heterocycles. The molecule has 0 atom stereocenters. The van der Waals surface area contributed by atoms with E-state index in [-0.39, 0.29) is 23.7 Å². The van der Waals surface area contributed by atoms with Gasteiger partial charge in [0.1, 0.15) is 5.58 Å². The molecule has 1 amide bonds. The van der Waals surface area contributed by atoms with Gasteiger partial charge < -0.3 is 14.5 Å². The Hall–Kier alpha value is -3.86. The average molecular weight is 442 g/mol. The van der Waals surface area contributed by atoms with Crippen LogP contribution in [-0.4, -0.2) is 12.5 Å². The number of benzene rings is 3. The Morgan fingerprint density at radius 1 is 1.00 bits per heavy atom. The summed E-state index contributed by atoms with van der Waals surface area (Å²) in [6.45, 7) is 3.79. The molecule has 3 aromatic carbocycles. The lowest BCUT2D eigenvalue weighted by Crippen LogP contribution is -2.22. The highest BCUT2D eigenvalue weighted by Crippen LogP contribution is 2.31. The Morgan fingerprint density at radius 3 is 2.48 bits per heavy atom. The molecule has 1 heterocycles. The van der Waals surface area contributed by atoms with Crippen LogP contribution < -0.4 is 15.5 Å². The van der Waals surface area contributed by atoms with Crippen LogP contribution in [0.3, 0.4) is 0 Å². The van der Waals surface area contributed by atoms with Crippen LogP contribution in [0.4, 0.5) is 5.69 Å². The zero-order chi connectivity index (χ0) is 23.2. The second kappa shape index (κ2) is 10.2. The monoisotopic (exact) mass is 441 g/mol. The van der Waals surface area contributed by atoms with Crippen LogP contribution >= 0.6 is 0 Å². The minimum Gasteiger partial charge on any atom is -0.476 e. The van der Waals surface area contributed by atoms with Crippen molar-refractivity contribution in [2.24, 2.45) is 0 Å². The summed E-state index contributed by atoms with van der Waals surface area (Å²) in [6, 6.07) is 22.5. The average Bonchev–Trinajstić information content (AvgIpc) is 2.83. The lowest BCUT2D eigenvalue weighted by Gasteiger charge is -2.12. The van der Waals surface area contributed by atoms with E-state index in [0.717, 1.165) is 24.8 Å². The Bertz CT molecular complexity index is 1310. The van der Waals surface area contributed by atoms with Crippen molar-refractivity contribution < 1.29 is 13.9 Å². The molecule has 4 rings (SSSR count). The van der Waals surface area contributed by atoms with Gasteiger partial charge in [0.15, 0.2) is 12.4 Å². The van der Waals surface area contributed by atoms with E-state index >= 15 is 0 Å². The second-order valence-corrected chi connectivity index (χ2v) is 8.09. The molecule has 0 saturated heterocycles. The van der Waals surface area contributed by atoms with Crippen molar-refractivity contribution in [1.82, 2.24) is 0 Å². The number of aryl methyl sites for hydroxylation is 2. The van der Waals surface area contributed by atoms with Crippen molar-refractivity contribution >= 4 is 22.6 Å². The van der Waals surface area contributed by atoms with Crippen molar-refractivity contribution in [2.75, 3.05) is 11.9 Å². The van der Waals surface area contributed by atoms with Crippen LogP contribution in [0.2, 0.25) is 0 Å². The summed E-state index contributed by atoms with van der Waals surface area (Å²) in [5.41, 5.74) is 3.80. The fourth-order valence-electron chi connectivity index (χ4n) is 3.66. The van der Waals surface area contributed by atoms with E-state index in [2.05, 4.69) is 12.2 Å². The lowest BCUT2D eigenvalue weighted by molar-refractivity contribution is -0.118. The number of carbonyl (C=O) groups is 1. The first kappa shape index (κ1) is 22.3. The maximum atomic E-state index is 13.2. The van der Waals surface area contributed by atoms with Crippen LogP contribution in [0.5, 0.6) is 5.75 Å². The van der Waals surface area contributed by atoms with Crippen LogP contribution in [0.1, 0.15) is 30.9 Å². The fourth-order valence-corrected chi connectivity index (χ4v) is 3.66. The minimum atomic E-state index is -0.348. The molecule has 0 aliphatic carbocycles. The Kier molecular flexibility index (Phi) is 6.89. The van der Waals surface area contributed by atoms with E-state index in [1.165, 1.54) is 5.56 Å². The van der Waals surface area contributed by atoms with Crippen LogP contribution in [-0.2, 0) is 11.2 Å². The third-order valence-electron chi connectivity index (χ3n) is 5.45. The van der Waals surface area contributed by atoms with Crippen LogP contribution in [0, 0.1) is 6.92 Å². The number of rotatable bonds is 8. The standard InChI is InChI=1S/C28H27NO4/c1-3-4-8-20-12-14-22(15-13-20)29-25(30)18-32-28-26(31)23-16-11-19(2)17-24(23)33-27(28)21-9-6-5-7-10-21/h5-7,9-17H,3-4,8,18H2,1-2H3,(H,29,30). The normalized spacial score (nSPS) is 10.8. The zero-order valence-corrected chi connectivity index (χ0v) is 18.9. The summed E-state index contributed by atoms with van der Waals surface area (Å²) in [7, 11) is 0. The summed E-state index contributed by atoms with van der Waals surface area (Å²) >= 11 is 0. The molecule has 168 valence electrons. The first-order chi connectivity index (χ1) is 16.0. The lowest BCUT2D eigenvalue weighted by atomic mass is 10.1. The highest BCUT2D eigenvalue weighted by atomic mass is 16.5. The molecule has 0 unspecified atom stereocenters. The van der Waals surface area contributed by atoms with Crippen molar-refractivity contribution in [3.63, 3.8) is 0 Å². The molecular weight excluding hydrogens is 414 g/mol. The molecule has 0 spiro atoms. The van der Waals surface area contributed by atoms with Gasteiger partial charge in [-0.3, -0.25) is 9.59 Å². The second-order valence-electron chi connectivity index (χ2n) is 8.09. The van der Waals surface area contributed by atoms with Crippen LogP contribution in [0.25, 0.3) is 22.3 Å². The molecular formula is C28H27NO4. The summed E-state index contributed by atoms with van der Waals surface area (Å²) < 4.78 is 11.8. The van der Waals surface area contributed by atoms with Gasteiger partial charge in [0.2, 0.25) is 11.2 Å². The van der Waals surface area contributed by atoms with Crippen molar-refractivity contribution in [3.8, 4) is 17.1 Å². The SMILES string of the molecule is CCCCc1ccc(NC(=O)COc2c(-c3ccccc3)oc3cc(C)ccc3c2=O)cc1. The molecule has 1 aromatic heterocycles. The molecule has 0 fully saturated rings. The molecule has 0 radical (unpaired) electrons. The van der Waals surface area contributed by atoms with Gasteiger partial charge in [-0.05, 0) is 55.2 Å². The summed E-state index contributed by atoms with van der Waals surface area (Å²) in [5.74, 6) is -0.00637. The van der Waals surface area contributed by atoms with Gasteiger partial charge in [0, 0.05) is 11.3 Å². The smallest absolute Gasteiger partial charge is 0.262 e. The van der Waals surface area contributed by atoms with Gasteiger partial charge in [-0.15, -0.1) is 0 Å². The maximum absolute atomic E-state index is 13.2. The van der Waals surface area contributed by atoms with Crippen molar-refractivity contribution in [3.05, 3.63) is 94.1 Å². The summed E-state index contributed by atoms with van der Waals surface area (Å²) in [4.78, 5) is 25.8. The maximum Gasteiger partial charge on any atom is 0.262 e. The largest absolute Gasteiger partial charge is 0.476 e. The molecule has 4 aromatic rings. The Morgan fingerprint density at radius 2 is 1.76 bits per heavy atom. The molecule has 0 saturated carbocycles. The van der Waals surface area contributed by atoms with Gasteiger partial charge in [-0.25, -0.2) is 0 Å². The number of carbonyl (C=O) groups excluding carboxylic acids is 1. The van der Waals surface area contributed by atoms with Crippen molar-refractivity contribution in [2.45, 2.75) is 33.1 Å². The number of anilines is 1. The molecule has 5 nitrogen and oxygen atoms in total. The highest BCUT2D eigenvalue weighted by Gasteiger charge is 2.19. The van der Waals surface area contributed by atoms with Gasteiger partial charge in [-0.2, -0.15) is 0 Å². The first-order valence-electron chi connectivity index (χ1n) is 11.2. The Balaban J connectivity index is 1.56. The van der Waals surface area contributed by atoms with E-state index in [1.807, 2.05) is 73.7 Å². The van der Waals surface area contributed by atoms with E-state index in [1.54, 1.807) is 6.07 Å². The van der Waals surface area contributed by atoms with Gasteiger partial charge >= 0.3 is 0 Å². The molecule has 0 bridgehead atoms. The summed E-state index contributed by atoms with van der Waals surface area (Å²) in [6.07, 6.45) is 3.30. The number of hydrogen-bond donors (Lipinski definition) is 1. The van der Waals surface area contributed by atoms with E-state index in [4.69, 9.17) is 9.15 Å². The van der Waals surface area contributed by atoms with Gasteiger partial charge in [0.25, 0.3) is 5.91 Å². The number of ether oxygens (including phenoxy) is 1. The number of fused-ring (bicyclic) bond motifs is 1. The summed E-state index contributed by atoms with van der Waals surface area (Å²) in [5, 5.41) is 3.24. The first-order valence-corrected chi connectivity index (χ1v) is 11.2. The number of amides is 1. The van der Waals surface area contributed by atoms with Crippen LogP contribution in [0.15, 0.2) is 82.0 Å². The molecule has 0 aliphatic rings. The molecule has 1 N–H and O–H groups in total. The Labute approximate surface area is 193 Å². The highest BCUT2D eigenvalue weighted by molar-refractivity contribution is 5.92. The molecule has 5 heteroatoms. The van der Waals surface area contributed by atoms with Gasteiger partial charge in [-0.1, -0.05) is 61.9 Å². The van der Waals surface area contributed by atoms with E-state index in [0.29, 0.717) is 28.0 Å². The predicted molar refractivity (Wildman–Crippen MR) is 132 cm³/mol. The predicted octanol–water partition coefficient (Wildman–Crippen LogP) is 6.13.